The molecular formula is C25H27N3O8S. The summed E-state index contributed by atoms with van der Waals surface area (Å²) in [5.74, 6) is 1.06. The first-order chi connectivity index (χ1) is 17.6. The number of hydrogen-bond acceptors (Lipinski definition) is 9. The Hall–Kier alpha value is -4.00. The number of phenolic OH excluding ortho intramolecular Hbond substituents is 1. The molecule has 1 heterocycles. The molecule has 196 valence electrons. The van der Waals surface area contributed by atoms with E-state index in [4.69, 9.17) is 14.2 Å². The van der Waals surface area contributed by atoms with Crippen LogP contribution in [0.25, 0.3) is 0 Å². The first-order valence-corrected chi connectivity index (χ1v) is 13.1. The summed E-state index contributed by atoms with van der Waals surface area (Å²) in [6.07, 6.45) is -0.172. The topological polar surface area (TPSA) is 155 Å². The van der Waals surface area contributed by atoms with Gasteiger partial charge < -0.3 is 29.7 Å². The summed E-state index contributed by atoms with van der Waals surface area (Å²) >= 11 is 0. The van der Waals surface area contributed by atoms with Crippen LogP contribution >= 0.6 is 0 Å². The molecule has 3 aromatic rings. The summed E-state index contributed by atoms with van der Waals surface area (Å²) in [7, 11) is -2.10. The average Bonchev–Trinajstić information content (AvgIpc) is 3.33. The monoisotopic (exact) mass is 529 g/mol. The molecule has 2 atom stereocenters. The second-order valence-electron chi connectivity index (χ2n) is 8.34. The van der Waals surface area contributed by atoms with Crippen LogP contribution in [0, 0.1) is 0 Å². The maximum Gasteiger partial charge on any atom is 0.246 e. The molecule has 1 aliphatic heterocycles. The molecule has 1 unspecified atom stereocenters. The van der Waals surface area contributed by atoms with Crippen molar-refractivity contribution in [2.45, 2.75) is 12.1 Å². The molecule has 3 aromatic carbocycles. The Balaban J connectivity index is 1.52. The molecule has 4 rings (SSSR count). The van der Waals surface area contributed by atoms with Crippen molar-refractivity contribution in [3.8, 4) is 23.0 Å². The second kappa shape index (κ2) is 10.9. The first kappa shape index (κ1) is 26.1. The quantitative estimate of drug-likeness (QED) is 0.249. The number of hydrogen-bond donors (Lipinski definition) is 5. The molecule has 11 nitrogen and oxygen atoms in total. The molecule has 0 radical (unpaired) electrons. The lowest BCUT2D eigenvalue weighted by atomic mass is 10.0. The van der Waals surface area contributed by atoms with Gasteiger partial charge in [-0.15, -0.1) is 0 Å². The Morgan fingerprint density at radius 2 is 1.73 bits per heavy atom. The third kappa shape index (κ3) is 6.61. The Bertz CT molecular complexity index is 1380. The molecule has 0 aromatic heterocycles. The number of aliphatic hydroxyl groups excluding tert-OH is 1. The van der Waals surface area contributed by atoms with E-state index in [1.165, 1.54) is 25.3 Å². The van der Waals surface area contributed by atoms with Gasteiger partial charge in [0.2, 0.25) is 22.7 Å². The van der Waals surface area contributed by atoms with E-state index < -0.39 is 22.2 Å². The molecule has 37 heavy (non-hydrogen) atoms. The number of aromatic hydroxyl groups is 1. The fraction of sp³-hybridized carbons (Fsp3) is 0.240. The predicted molar refractivity (Wildman–Crippen MR) is 136 cm³/mol. The summed E-state index contributed by atoms with van der Waals surface area (Å²) in [5.41, 5.74) is 1.40. The average molecular weight is 530 g/mol. The number of amides is 1. The van der Waals surface area contributed by atoms with E-state index in [1.54, 1.807) is 42.5 Å². The van der Waals surface area contributed by atoms with Crippen LogP contribution in [0.3, 0.4) is 0 Å². The maximum atomic E-state index is 13.3. The zero-order valence-corrected chi connectivity index (χ0v) is 20.9. The summed E-state index contributed by atoms with van der Waals surface area (Å²) in [6.45, 7) is 0.0493. The minimum absolute atomic E-state index is 0.0612. The third-order valence-electron chi connectivity index (χ3n) is 5.57. The van der Waals surface area contributed by atoms with Gasteiger partial charge in [-0.3, -0.25) is 14.8 Å². The van der Waals surface area contributed by atoms with Gasteiger partial charge in [-0.2, -0.15) is 0 Å². The molecule has 1 aliphatic rings. The standard InChI is InChI=1S/C25H27N3O8S/c1-34-18-7-3-15(4-8-18)24(25(31)27-17-6-10-22-23(12-17)36-14-35-22)26-13-21(30)16-5-9-20(29)19(11-16)28-37(2,32)33/h3-12,21,24,26,28-30H,13-14H2,1-2H3,(H,27,31)/t21?,24-/m0/s1. The van der Waals surface area contributed by atoms with Gasteiger partial charge in [-0.05, 0) is 47.5 Å². The second-order valence-corrected chi connectivity index (χ2v) is 10.1. The molecule has 0 bridgehead atoms. The Morgan fingerprint density at radius 1 is 1.03 bits per heavy atom. The number of methoxy groups -OCH3 is 1. The molecule has 12 heteroatoms. The zero-order chi connectivity index (χ0) is 26.6. The fourth-order valence-corrected chi connectivity index (χ4v) is 4.30. The van der Waals surface area contributed by atoms with Crippen molar-refractivity contribution in [2.24, 2.45) is 0 Å². The zero-order valence-electron chi connectivity index (χ0n) is 20.1. The number of sulfonamides is 1. The highest BCUT2D eigenvalue weighted by molar-refractivity contribution is 7.92. The Kier molecular flexibility index (Phi) is 7.71. The minimum Gasteiger partial charge on any atom is -0.506 e. The van der Waals surface area contributed by atoms with E-state index in [9.17, 15) is 23.4 Å². The molecule has 0 aliphatic carbocycles. The van der Waals surface area contributed by atoms with Crippen LogP contribution in [0.4, 0.5) is 11.4 Å². The van der Waals surface area contributed by atoms with Gasteiger partial charge in [0.1, 0.15) is 17.5 Å². The van der Waals surface area contributed by atoms with E-state index in [1.807, 2.05) is 0 Å². The van der Waals surface area contributed by atoms with Crippen LogP contribution in [-0.2, 0) is 14.8 Å². The fourth-order valence-electron chi connectivity index (χ4n) is 3.74. The molecule has 0 saturated carbocycles. The van der Waals surface area contributed by atoms with Crippen LogP contribution in [0.1, 0.15) is 23.3 Å². The van der Waals surface area contributed by atoms with Gasteiger partial charge in [0.15, 0.2) is 11.5 Å². The van der Waals surface area contributed by atoms with Crippen LogP contribution < -0.4 is 29.6 Å². The molecule has 5 N–H and O–H groups in total. The van der Waals surface area contributed by atoms with Crippen LogP contribution in [-0.4, -0.2) is 51.2 Å². The summed E-state index contributed by atoms with van der Waals surface area (Å²) < 4.78 is 41.2. The SMILES string of the molecule is COc1ccc([C@H](NCC(O)c2ccc(O)c(NS(C)(=O)=O)c2)C(=O)Nc2ccc3c(c2)OCO3)cc1. The van der Waals surface area contributed by atoms with E-state index in [-0.39, 0.29) is 30.7 Å². The van der Waals surface area contributed by atoms with Gasteiger partial charge in [-0.1, -0.05) is 18.2 Å². The number of carbonyl (C=O) groups excluding carboxylic acids is 1. The van der Waals surface area contributed by atoms with Crippen molar-refractivity contribution >= 4 is 27.3 Å². The maximum absolute atomic E-state index is 13.3. The smallest absolute Gasteiger partial charge is 0.246 e. The number of phenols is 1. The van der Waals surface area contributed by atoms with Gasteiger partial charge >= 0.3 is 0 Å². The van der Waals surface area contributed by atoms with Crippen molar-refractivity contribution < 1.29 is 37.6 Å². The van der Waals surface area contributed by atoms with Gasteiger partial charge in [0, 0.05) is 18.3 Å². The first-order valence-electron chi connectivity index (χ1n) is 11.2. The van der Waals surface area contributed by atoms with E-state index in [2.05, 4.69) is 15.4 Å². The van der Waals surface area contributed by atoms with Crippen LogP contribution in [0.2, 0.25) is 0 Å². The summed E-state index contributed by atoms with van der Waals surface area (Å²) in [5, 5.41) is 26.7. The number of ether oxygens (including phenoxy) is 3. The number of aliphatic hydroxyl groups is 1. The largest absolute Gasteiger partial charge is 0.506 e. The van der Waals surface area contributed by atoms with Crippen LogP contribution in [0.15, 0.2) is 60.7 Å². The van der Waals surface area contributed by atoms with Gasteiger partial charge in [-0.25, -0.2) is 8.42 Å². The van der Waals surface area contributed by atoms with E-state index >= 15 is 0 Å². The molecule has 0 fully saturated rings. The lowest BCUT2D eigenvalue weighted by Crippen LogP contribution is -2.35. The Morgan fingerprint density at radius 3 is 2.43 bits per heavy atom. The van der Waals surface area contributed by atoms with E-state index in [0.29, 0.717) is 34.1 Å². The van der Waals surface area contributed by atoms with Crippen molar-refractivity contribution in [1.82, 2.24) is 5.32 Å². The van der Waals surface area contributed by atoms with Gasteiger partial charge in [0.25, 0.3) is 0 Å². The number of nitrogens with one attached hydrogen (secondary N) is 3. The number of carbonyl (C=O) groups is 1. The van der Waals surface area contributed by atoms with Gasteiger partial charge in [0.05, 0.1) is 25.2 Å². The van der Waals surface area contributed by atoms with Crippen molar-refractivity contribution in [2.75, 3.05) is 36.7 Å². The molecule has 1 amide bonds. The number of benzene rings is 3. The number of fused-ring (bicyclic) bond motifs is 1. The molecule has 0 spiro atoms. The predicted octanol–water partition coefficient (Wildman–Crippen LogP) is 2.50. The van der Waals surface area contributed by atoms with Crippen LogP contribution in [0.5, 0.6) is 23.0 Å². The van der Waals surface area contributed by atoms with Crippen molar-refractivity contribution in [1.29, 1.82) is 0 Å². The highest BCUT2D eigenvalue weighted by atomic mass is 32.2. The van der Waals surface area contributed by atoms with E-state index in [0.717, 1.165) is 6.26 Å². The number of anilines is 2. The summed E-state index contributed by atoms with van der Waals surface area (Å²) in [4.78, 5) is 13.3. The molecular weight excluding hydrogens is 502 g/mol. The highest BCUT2D eigenvalue weighted by Crippen LogP contribution is 2.34. The lowest BCUT2D eigenvalue weighted by molar-refractivity contribution is -0.118. The third-order valence-corrected chi connectivity index (χ3v) is 6.16. The number of rotatable bonds is 10. The Labute approximate surface area is 214 Å². The summed E-state index contributed by atoms with van der Waals surface area (Å²) in [6, 6.07) is 15.2. The van der Waals surface area contributed by atoms with Crippen molar-refractivity contribution in [3.05, 3.63) is 71.8 Å². The minimum atomic E-state index is -3.64. The highest BCUT2D eigenvalue weighted by Gasteiger charge is 2.24. The van der Waals surface area contributed by atoms with Crippen molar-refractivity contribution in [3.63, 3.8) is 0 Å². The normalized spacial score (nSPS) is 14.0. The molecule has 0 saturated heterocycles. The lowest BCUT2D eigenvalue weighted by Gasteiger charge is -2.22.